The van der Waals surface area contributed by atoms with E-state index in [2.05, 4.69) is 72.8 Å². The van der Waals surface area contributed by atoms with Gasteiger partial charge in [-0.25, -0.2) is 9.13 Å². The monoisotopic (exact) mass is 1280 g/mol. The molecule has 0 saturated carbocycles. The molecule has 0 aromatic carbocycles. The van der Waals surface area contributed by atoms with Crippen LogP contribution in [-0.2, 0) is 65.4 Å². The second-order valence-corrected chi connectivity index (χ2v) is 28.0. The maximum atomic E-state index is 13.0. The first-order chi connectivity index (χ1) is 41.8. The summed E-state index contributed by atoms with van der Waals surface area (Å²) in [7, 11) is -9.91. The van der Waals surface area contributed by atoms with Crippen molar-refractivity contribution in [1.29, 1.82) is 0 Å². The normalized spacial score (nSPS) is 14.8. The van der Waals surface area contributed by atoms with Gasteiger partial charge in [-0.15, -0.1) is 0 Å². The number of carbonyl (C=O) groups is 4. The molecule has 0 aliphatic rings. The Bertz CT molecular complexity index is 1810. The van der Waals surface area contributed by atoms with Crippen LogP contribution in [0.25, 0.3) is 0 Å². The highest BCUT2D eigenvalue weighted by Crippen LogP contribution is 2.45. The zero-order valence-corrected chi connectivity index (χ0v) is 57.7. The quantitative estimate of drug-likeness (QED) is 0.0169. The molecular formula is C68H128O17P2. The fourth-order valence-corrected chi connectivity index (χ4v) is 11.2. The largest absolute Gasteiger partial charge is 0.472 e. The van der Waals surface area contributed by atoms with E-state index in [1.165, 1.54) is 103 Å². The summed E-state index contributed by atoms with van der Waals surface area (Å²) in [5.41, 5.74) is 0. The highest BCUT2D eigenvalue weighted by Gasteiger charge is 2.30. The first-order valence-corrected chi connectivity index (χ1v) is 37.7. The Kier molecular flexibility index (Phi) is 57.0. The molecule has 4 unspecified atom stereocenters. The maximum Gasteiger partial charge on any atom is 0.472 e. The van der Waals surface area contributed by atoms with Gasteiger partial charge in [0.25, 0.3) is 0 Å². The second kappa shape index (κ2) is 58.6. The summed E-state index contributed by atoms with van der Waals surface area (Å²) in [6.07, 6.45) is 44.1. The minimum Gasteiger partial charge on any atom is -0.462 e. The Morgan fingerprint density at radius 3 is 1.02 bits per heavy atom. The van der Waals surface area contributed by atoms with Crippen molar-refractivity contribution >= 4 is 39.5 Å². The Hall–Kier alpha value is -2.46. The molecule has 0 aromatic rings. The number of esters is 4. The SMILES string of the molecule is CCCCCC/C=C\C=C/CCCCCCCC(=O)OC[C@H](COP(=O)(O)OCC(O)COP(=O)(O)OC[C@@H](COC(=O)CCCCCCCCCCC(C)C)OC(=O)CCCCCCCCC(C)C)OC(=O)CCCCCCCCCCC(C)CC. The average Bonchev–Trinajstić information content (AvgIpc) is 3.70. The smallest absolute Gasteiger partial charge is 0.462 e. The molecule has 17 nitrogen and oxygen atoms in total. The number of aliphatic hydroxyl groups excluding tert-OH is 1. The van der Waals surface area contributed by atoms with Crippen LogP contribution in [0.15, 0.2) is 24.3 Å². The van der Waals surface area contributed by atoms with Crippen molar-refractivity contribution in [3.63, 3.8) is 0 Å². The second-order valence-electron chi connectivity index (χ2n) is 25.1. The molecule has 512 valence electrons. The molecule has 0 aliphatic heterocycles. The van der Waals surface area contributed by atoms with E-state index in [0.717, 1.165) is 121 Å². The third-order valence-corrected chi connectivity index (χ3v) is 17.3. The molecule has 0 rings (SSSR count). The van der Waals surface area contributed by atoms with Gasteiger partial charge in [-0.2, -0.15) is 0 Å². The summed E-state index contributed by atoms with van der Waals surface area (Å²) in [6, 6.07) is 0. The molecule has 0 fully saturated rings. The first-order valence-electron chi connectivity index (χ1n) is 34.7. The van der Waals surface area contributed by atoms with Gasteiger partial charge in [0.1, 0.15) is 19.3 Å². The fourth-order valence-electron chi connectivity index (χ4n) is 9.61. The average molecular weight is 1280 g/mol. The van der Waals surface area contributed by atoms with Crippen LogP contribution in [0.1, 0.15) is 312 Å². The lowest BCUT2D eigenvalue weighted by atomic mass is 9.99. The van der Waals surface area contributed by atoms with Crippen molar-refractivity contribution in [2.45, 2.75) is 330 Å². The molecule has 19 heteroatoms. The standard InChI is InChI=1S/C68H128O17P2/c1-8-10-11-12-13-14-15-16-17-18-19-20-27-35-42-49-65(70)78-55-63(84-67(72)51-44-37-29-24-22-26-34-41-48-61(7)9-2)57-82-86(74,75)80-53-62(69)54-81-87(76,77)83-58-64(85-68(73)52-45-38-31-30-33-40-47-60(5)6)56-79-66(71)50-43-36-28-23-21-25-32-39-46-59(3)4/h14-17,59-64,69H,8-13,18-58H2,1-7H3,(H,74,75)(H,76,77)/b15-14-,17-16-/t61?,62?,63-,64-/m1/s1. The minimum absolute atomic E-state index is 0.0974. The third-order valence-electron chi connectivity index (χ3n) is 15.4. The Morgan fingerprint density at radius 2 is 0.678 bits per heavy atom. The van der Waals surface area contributed by atoms with Gasteiger partial charge in [-0.3, -0.25) is 37.3 Å². The number of phosphoric acid groups is 2. The van der Waals surface area contributed by atoms with E-state index in [-0.39, 0.29) is 25.7 Å². The Morgan fingerprint density at radius 1 is 0.379 bits per heavy atom. The van der Waals surface area contributed by atoms with Gasteiger partial charge in [0.2, 0.25) is 0 Å². The predicted molar refractivity (Wildman–Crippen MR) is 349 cm³/mol. The summed E-state index contributed by atoms with van der Waals surface area (Å²) >= 11 is 0. The molecular weight excluding hydrogens is 1150 g/mol. The summed E-state index contributed by atoms with van der Waals surface area (Å²) in [5.74, 6) is -0.00759. The number of unbranched alkanes of at least 4 members (excludes halogenated alkanes) is 28. The predicted octanol–water partition coefficient (Wildman–Crippen LogP) is 18.6. The molecule has 6 atom stereocenters. The van der Waals surface area contributed by atoms with Gasteiger partial charge < -0.3 is 33.8 Å². The Labute approximate surface area is 529 Å². The number of hydrogen-bond donors (Lipinski definition) is 3. The highest BCUT2D eigenvalue weighted by molar-refractivity contribution is 7.47. The van der Waals surface area contributed by atoms with Gasteiger partial charge >= 0.3 is 39.5 Å². The van der Waals surface area contributed by atoms with E-state index < -0.39 is 97.5 Å². The van der Waals surface area contributed by atoms with Crippen LogP contribution in [0, 0.1) is 17.8 Å². The summed E-state index contributed by atoms with van der Waals surface area (Å²) in [5, 5.41) is 10.6. The number of allylic oxidation sites excluding steroid dienone is 4. The number of hydrogen-bond acceptors (Lipinski definition) is 15. The van der Waals surface area contributed by atoms with Crippen LogP contribution >= 0.6 is 15.6 Å². The van der Waals surface area contributed by atoms with Crippen molar-refractivity contribution in [2.75, 3.05) is 39.6 Å². The number of ether oxygens (including phenoxy) is 4. The van der Waals surface area contributed by atoms with Crippen LogP contribution in [0.4, 0.5) is 0 Å². The van der Waals surface area contributed by atoms with Crippen molar-refractivity contribution < 1.29 is 80.2 Å². The molecule has 0 bridgehead atoms. The first kappa shape index (κ1) is 84.5. The highest BCUT2D eigenvalue weighted by atomic mass is 31.2. The molecule has 87 heavy (non-hydrogen) atoms. The van der Waals surface area contributed by atoms with Crippen LogP contribution in [0.2, 0.25) is 0 Å². The van der Waals surface area contributed by atoms with E-state index in [1.807, 2.05) is 0 Å². The molecule has 0 spiro atoms. The van der Waals surface area contributed by atoms with Crippen LogP contribution in [0.5, 0.6) is 0 Å². The zero-order chi connectivity index (χ0) is 64.5. The molecule has 0 saturated heterocycles. The minimum atomic E-state index is -4.96. The van der Waals surface area contributed by atoms with Crippen molar-refractivity contribution in [3.8, 4) is 0 Å². The third kappa shape index (κ3) is 60.9. The van der Waals surface area contributed by atoms with Gasteiger partial charge in [0.05, 0.1) is 26.4 Å². The van der Waals surface area contributed by atoms with Crippen LogP contribution < -0.4 is 0 Å². The zero-order valence-electron chi connectivity index (χ0n) is 56.0. The number of carbonyl (C=O) groups excluding carboxylic acids is 4. The van der Waals surface area contributed by atoms with Crippen molar-refractivity contribution in [2.24, 2.45) is 17.8 Å². The molecule has 0 radical (unpaired) electrons. The molecule has 0 aromatic heterocycles. The lowest BCUT2D eigenvalue weighted by molar-refractivity contribution is -0.161. The number of phosphoric ester groups is 2. The van der Waals surface area contributed by atoms with E-state index in [0.29, 0.717) is 31.6 Å². The molecule has 0 amide bonds. The lowest BCUT2D eigenvalue weighted by Crippen LogP contribution is -2.30. The van der Waals surface area contributed by atoms with E-state index >= 15 is 0 Å². The fraction of sp³-hybridized carbons (Fsp3) is 0.882. The van der Waals surface area contributed by atoms with Gasteiger partial charge in [0.15, 0.2) is 12.2 Å². The maximum absolute atomic E-state index is 13.0. The number of aliphatic hydroxyl groups is 1. The van der Waals surface area contributed by atoms with E-state index in [4.69, 9.17) is 37.0 Å². The number of rotatable bonds is 64. The topological polar surface area (TPSA) is 237 Å². The Balaban J connectivity index is 5.27. The lowest BCUT2D eigenvalue weighted by Gasteiger charge is -2.21. The van der Waals surface area contributed by atoms with Crippen molar-refractivity contribution in [3.05, 3.63) is 24.3 Å². The van der Waals surface area contributed by atoms with E-state index in [1.54, 1.807) is 0 Å². The summed E-state index contributed by atoms with van der Waals surface area (Å²) in [6.45, 7) is 11.6. The van der Waals surface area contributed by atoms with Gasteiger partial charge in [-0.05, 0) is 69.1 Å². The summed E-state index contributed by atoms with van der Waals surface area (Å²) in [4.78, 5) is 72.4. The van der Waals surface area contributed by atoms with E-state index in [9.17, 15) is 43.2 Å². The molecule has 0 aliphatic carbocycles. The van der Waals surface area contributed by atoms with Crippen LogP contribution in [-0.4, -0.2) is 96.7 Å². The van der Waals surface area contributed by atoms with Crippen LogP contribution in [0.3, 0.4) is 0 Å². The molecule has 3 N–H and O–H groups in total. The molecule has 0 heterocycles. The van der Waals surface area contributed by atoms with Gasteiger partial charge in [0, 0.05) is 25.7 Å². The van der Waals surface area contributed by atoms with Gasteiger partial charge in [-0.1, -0.05) is 259 Å². The summed E-state index contributed by atoms with van der Waals surface area (Å²) < 4.78 is 68.1. The van der Waals surface area contributed by atoms with Crippen molar-refractivity contribution in [1.82, 2.24) is 0 Å².